The third-order valence-corrected chi connectivity index (χ3v) is 3.95. The average Bonchev–Trinajstić information content (AvgIpc) is 2.49. The number of hydrogen-bond acceptors (Lipinski definition) is 4. The van der Waals surface area contributed by atoms with Crippen molar-refractivity contribution in [3.63, 3.8) is 0 Å². The molecular weight excluding hydrogens is 383 g/mol. The summed E-state index contributed by atoms with van der Waals surface area (Å²) in [5.41, 5.74) is 1.70. The summed E-state index contributed by atoms with van der Waals surface area (Å²) in [5, 5.41) is 0. The zero-order valence-electron chi connectivity index (χ0n) is 11.8. The van der Waals surface area contributed by atoms with Crippen LogP contribution in [0, 0.1) is 10.5 Å². The van der Waals surface area contributed by atoms with Gasteiger partial charge in [-0.15, -0.1) is 0 Å². The minimum absolute atomic E-state index is 0.0732. The molecule has 0 amide bonds. The summed E-state index contributed by atoms with van der Waals surface area (Å²) < 4.78 is 6.89. The second-order valence-electron chi connectivity index (χ2n) is 4.57. The standard InChI is InChI=1S/C15H15IN2O3/c1-10-17-8-13(16)15(20)18(10)9-12-6-4-3-5-11(12)7-14(19)21-2/h3-6,8H,7,9H2,1-2H3. The van der Waals surface area contributed by atoms with Crippen LogP contribution in [0.4, 0.5) is 0 Å². The van der Waals surface area contributed by atoms with Gasteiger partial charge in [0.25, 0.3) is 5.56 Å². The SMILES string of the molecule is COC(=O)Cc1ccccc1Cn1c(C)ncc(I)c1=O. The van der Waals surface area contributed by atoms with Crippen molar-refractivity contribution in [1.82, 2.24) is 9.55 Å². The first-order valence-electron chi connectivity index (χ1n) is 6.38. The molecule has 6 heteroatoms. The van der Waals surface area contributed by atoms with Crippen LogP contribution in [0.3, 0.4) is 0 Å². The number of nitrogens with zero attached hydrogens (tertiary/aromatic N) is 2. The monoisotopic (exact) mass is 398 g/mol. The Morgan fingerprint density at radius 2 is 2.00 bits per heavy atom. The number of hydrogen-bond donors (Lipinski definition) is 0. The zero-order valence-corrected chi connectivity index (χ0v) is 14.0. The molecule has 110 valence electrons. The number of aryl methyl sites for hydroxylation is 1. The maximum Gasteiger partial charge on any atom is 0.309 e. The predicted molar refractivity (Wildman–Crippen MR) is 87.2 cm³/mol. The van der Waals surface area contributed by atoms with Crippen LogP contribution in [0.25, 0.3) is 0 Å². The Hall–Kier alpha value is -1.70. The van der Waals surface area contributed by atoms with Crippen LogP contribution in [-0.2, 0) is 22.5 Å². The lowest BCUT2D eigenvalue weighted by Gasteiger charge is -2.12. The van der Waals surface area contributed by atoms with E-state index in [2.05, 4.69) is 4.98 Å². The molecule has 5 nitrogen and oxygen atoms in total. The molecule has 0 bridgehead atoms. The van der Waals surface area contributed by atoms with Gasteiger partial charge in [-0.25, -0.2) is 4.98 Å². The Morgan fingerprint density at radius 1 is 1.33 bits per heavy atom. The molecule has 1 heterocycles. The van der Waals surface area contributed by atoms with Crippen molar-refractivity contribution in [2.75, 3.05) is 7.11 Å². The highest BCUT2D eigenvalue weighted by atomic mass is 127. The molecule has 2 rings (SSSR count). The molecule has 1 aromatic carbocycles. The van der Waals surface area contributed by atoms with E-state index in [0.29, 0.717) is 15.9 Å². The van der Waals surface area contributed by atoms with E-state index in [1.165, 1.54) is 7.11 Å². The van der Waals surface area contributed by atoms with E-state index in [1.807, 2.05) is 46.9 Å². The van der Waals surface area contributed by atoms with Gasteiger partial charge < -0.3 is 4.74 Å². The van der Waals surface area contributed by atoms with Crippen LogP contribution in [0.1, 0.15) is 17.0 Å². The highest BCUT2D eigenvalue weighted by Crippen LogP contribution is 2.12. The molecule has 0 radical (unpaired) electrons. The van der Waals surface area contributed by atoms with Crippen LogP contribution in [0.15, 0.2) is 35.3 Å². The number of ether oxygens (including phenoxy) is 1. The van der Waals surface area contributed by atoms with E-state index in [-0.39, 0.29) is 17.9 Å². The maximum atomic E-state index is 12.2. The van der Waals surface area contributed by atoms with Crippen molar-refractivity contribution in [2.24, 2.45) is 0 Å². The number of benzene rings is 1. The van der Waals surface area contributed by atoms with E-state index in [1.54, 1.807) is 17.7 Å². The van der Waals surface area contributed by atoms with Gasteiger partial charge in [-0.3, -0.25) is 14.2 Å². The second-order valence-corrected chi connectivity index (χ2v) is 5.73. The van der Waals surface area contributed by atoms with Crippen molar-refractivity contribution in [2.45, 2.75) is 19.9 Å². The highest BCUT2D eigenvalue weighted by molar-refractivity contribution is 14.1. The Morgan fingerprint density at radius 3 is 2.67 bits per heavy atom. The number of rotatable bonds is 4. The molecule has 0 aliphatic rings. The third-order valence-electron chi connectivity index (χ3n) is 3.21. The van der Waals surface area contributed by atoms with Crippen LogP contribution in [0.2, 0.25) is 0 Å². The summed E-state index contributed by atoms with van der Waals surface area (Å²) in [6.07, 6.45) is 1.76. The van der Waals surface area contributed by atoms with Crippen LogP contribution in [0.5, 0.6) is 0 Å². The van der Waals surface area contributed by atoms with E-state index >= 15 is 0 Å². The normalized spacial score (nSPS) is 10.4. The Bertz CT molecular complexity index is 725. The van der Waals surface area contributed by atoms with Gasteiger partial charge in [0.05, 0.1) is 23.6 Å². The van der Waals surface area contributed by atoms with Crippen molar-refractivity contribution >= 4 is 28.6 Å². The second kappa shape index (κ2) is 6.84. The number of halogens is 1. The van der Waals surface area contributed by atoms with Gasteiger partial charge in [-0.2, -0.15) is 0 Å². The fraction of sp³-hybridized carbons (Fsp3) is 0.267. The molecule has 0 atom stereocenters. The molecule has 21 heavy (non-hydrogen) atoms. The molecular formula is C15H15IN2O3. The lowest BCUT2D eigenvalue weighted by atomic mass is 10.0. The molecule has 0 spiro atoms. The van der Waals surface area contributed by atoms with Gasteiger partial charge in [0.15, 0.2) is 0 Å². The molecule has 0 fully saturated rings. The largest absolute Gasteiger partial charge is 0.469 e. The van der Waals surface area contributed by atoms with E-state index < -0.39 is 0 Å². The van der Waals surface area contributed by atoms with Gasteiger partial charge in [0.2, 0.25) is 0 Å². The van der Waals surface area contributed by atoms with Gasteiger partial charge in [0.1, 0.15) is 5.82 Å². The number of carbonyl (C=O) groups excluding carboxylic acids is 1. The molecule has 0 N–H and O–H groups in total. The lowest BCUT2D eigenvalue weighted by Crippen LogP contribution is -2.26. The van der Waals surface area contributed by atoms with E-state index in [4.69, 9.17) is 4.74 Å². The molecule has 0 unspecified atom stereocenters. The summed E-state index contributed by atoms with van der Waals surface area (Å²) in [6.45, 7) is 2.18. The first-order valence-corrected chi connectivity index (χ1v) is 7.46. The minimum atomic E-state index is -0.299. The maximum absolute atomic E-state index is 12.2. The predicted octanol–water partition coefficient (Wildman–Crippen LogP) is 1.92. The summed E-state index contributed by atoms with van der Waals surface area (Å²) in [4.78, 5) is 27.9. The number of methoxy groups -OCH3 is 1. The minimum Gasteiger partial charge on any atom is -0.469 e. The van der Waals surface area contributed by atoms with Gasteiger partial charge >= 0.3 is 5.97 Å². The molecule has 0 saturated carbocycles. The van der Waals surface area contributed by atoms with Crippen molar-refractivity contribution in [3.8, 4) is 0 Å². The summed E-state index contributed by atoms with van der Waals surface area (Å²) in [7, 11) is 1.36. The van der Waals surface area contributed by atoms with Crippen LogP contribution >= 0.6 is 22.6 Å². The van der Waals surface area contributed by atoms with Crippen molar-refractivity contribution < 1.29 is 9.53 Å². The zero-order chi connectivity index (χ0) is 15.4. The van der Waals surface area contributed by atoms with E-state index in [9.17, 15) is 9.59 Å². The fourth-order valence-electron chi connectivity index (χ4n) is 2.02. The van der Waals surface area contributed by atoms with Gasteiger partial charge in [0, 0.05) is 6.20 Å². The van der Waals surface area contributed by atoms with Gasteiger partial charge in [-0.1, -0.05) is 24.3 Å². The fourth-order valence-corrected chi connectivity index (χ4v) is 2.45. The van der Waals surface area contributed by atoms with E-state index in [0.717, 1.165) is 11.1 Å². The molecule has 0 aliphatic carbocycles. The Balaban J connectivity index is 2.39. The molecule has 2 aromatic rings. The summed E-state index contributed by atoms with van der Waals surface area (Å²) in [6, 6.07) is 7.53. The number of aromatic nitrogens is 2. The highest BCUT2D eigenvalue weighted by Gasteiger charge is 2.11. The summed E-state index contributed by atoms with van der Waals surface area (Å²) >= 11 is 1.97. The first-order chi connectivity index (χ1) is 10.0. The number of carbonyl (C=O) groups is 1. The smallest absolute Gasteiger partial charge is 0.309 e. The van der Waals surface area contributed by atoms with Crippen molar-refractivity contribution in [1.29, 1.82) is 0 Å². The molecule has 0 saturated heterocycles. The van der Waals surface area contributed by atoms with Crippen molar-refractivity contribution in [3.05, 3.63) is 61.3 Å². The third kappa shape index (κ3) is 3.69. The quantitative estimate of drug-likeness (QED) is 0.584. The van der Waals surface area contributed by atoms with Gasteiger partial charge in [-0.05, 0) is 40.6 Å². The number of esters is 1. The molecule has 0 aliphatic heterocycles. The van der Waals surface area contributed by atoms with Crippen LogP contribution < -0.4 is 5.56 Å². The topological polar surface area (TPSA) is 61.2 Å². The Labute approximate surface area is 136 Å². The average molecular weight is 398 g/mol. The van der Waals surface area contributed by atoms with Crippen LogP contribution in [-0.4, -0.2) is 22.6 Å². The summed E-state index contributed by atoms with van der Waals surface area (Å²) in [5.74, 6) is 0.348. The lowest BCUT2D eigenvalue weighted by molar-refractivity contribution is -0.139. The Kier molecular flexibility index (Phi) is 5.11. The molecule has 1 aromatic heterocycles. The first kappa shape index (κ1) is 15.7.